The smallest absolute Gasteiger partial charge is 0.326 e. The van der Waals surface area contributed by atoms with E-state index in [0.717, 1.165) is 18.9 Å². The molecule has 0 unspecified atom stereocenters. The van der Waals surface area contributed by atoms with E-state index in [1.807, 2.05) is 4.98 Å². The zero-order chi connectivity index (χ0) is 15.5. The van der Waals surface area contributed by atoms with Crippen molar-refractivity contribution in [2.45, 2.75) is 18.9 Å². The molecule has 1 fully saturated rings. The van der Waals surface area contributed by atoms with Gasteiger partial charge in [0.1, 0.15) is 5.69 Å². The van der Waals surface area contributed by atoms with Gasteiger partial charge in [-0.15, -0.1) is 0 Å². The number of nitrogens with one attached hydrogen (secondary N) is 3. The van der Waals surface area contributed by atoms with Gasteiger partial charge in [-0.05, 0) is 12.8 Å². The van der Waals surface area contributed by atoms with E-state index in [9.17, 15) is 14.4 Å². The molecular weight excluding hydrogens is 290 g/mol. The van der Waals surface area contributed by atoms with E-state index in [2.05, 4.69) is 15.4 Å². The van der Waals surface area contributed by atoms with Gasteiger partial charge < -0.3 is 15.0 Å². The molecule has 22 heavy (non-hydrogen) atoms. The molecule has 0 aliphatic carbocycles. The number of hydrogen-bond acceptors (Lipinski definition) is 5. The molecule has 0 atom stereocenters. The molecule has 116 valence electrons. The molecule has 0 bridgehead atoms. The number of hydrogen-bond donors (Lipinski definition) is 3. The van der Waals surface area contributed by atoms with Crippen LogP contribution >= 0.6 is 0 Å². The van der Waals surface area contributed by atoms with E-state index in [1.54, 1.807) is 10.9 Å². The van der Waals surface area contributed by atoms with Crippen LogP contribution in [-0.4, -0.2) is 38.9 Å². The lowest BCUT2D eigenvalue weighted by atomic mass is 10.1. The Labute approximate surface area is 124 Å². The van der Waals surface area contributed by atoms with Crippen LogP contribution in [0.1, 0.15) is 29.4 Å². The largest absolute Gasteiger partial charge is 0.381 e. The number of rotatable bonds is 3. The molecule has 0 aromatic carbocycles. The van der Waals surface area contributed by atoms with Crippen molar-refractivity contribution in [2.75, 3.05) is 18.5 Å². The van der Waals surface area contributed by atoms with Crippen LogP contribution in [0, 0.1) is 0 Å². The topological polar surface area (TPSA) is 122 Å². The number of carbonyl (C=O) groups excluding carboxylic acids is 1. The van der Waals surface area contributed by atoms with Crippen LogP contribution in [0.4, 0.5) is 5.69 Å². The molecule has 0 radical (unpaired) electrons. The van der Waals surface area contributed by atoms with E-state index in [1.165, 1.54) is 6.20 Å². The van der Waals surface area contributed by atoms with Crippen molar-refractivity contribution in [3.8, 4) is 0 Å². The molecule has 1 aliphatic rings. The van der Waals surface area contributed by atoms with Gasteiger partial charge in [0.25, 0.3) is 11.5 Å². The number of anilines is 1. The third kappa shape index (κ3) is 3.14. The SMILES string of the molecule is O=C(Nc1cnn(C2CCOCC2)c1)c1cc(=O)[nH]c(=O)[nH]1. The minimum absolute atomic E-state index is 0.104. The zero-order valence-electron chi connectivity index (χ0n) is 11.7. The first-order chi connectivity index (χ1) is 10.6. The van der Waals surface area contributed by atoms with Crippen LogP contribution in [0.5, 0.6) is 0 Å². The highest BCUT2D eigenvalue weighted by atomic mass is 16.5. The Morgan fingerprint density at radius 3 is 2.82 bits per heavy atom. The summed E-state index contributed by atoms with van der Waals surface area (Å²) in [4.78, 5) is 38.6. The van der Waals surface area contributed by atoms with Gasteiger partial charge in [-0.2, -0.15) is 5.10 Å². The first-order valence-electron chi connectivity index (χ1n) is 6.89. The van der Waals surface area contributed by atoms with Crippen molar-refractivity contribution in [3.63, 3.8) is 0 Å². The lowest BCUT2D eigenvalue weighted by Crippen LogP contribution is -2.27. The van der Waals surface area contributed by atoms with E-state index in [-0.39, 0.29) is 11.7 Å². The lowest BCUT2D eigenvalue weighted by Gasteiger charge is -2.22. The summed E-state index contributed by atoms with van der Waals surface area (Å²) in [5.41, 5.74) is -0.965. The molecule has 3 rings (SSSR count). The average Bonchev–Trinajstić information content (AvgIpc) is 2.95. The summed E-state index contributed by atoms with van der Waals surface area (Å²) in [6.07, 6.45) is 4.99. The number of amides is 1. The van der Waals surface area contributed by atoms with E-state index >= 15 is 0 Å². The first-order valence-corrected chi connectivity index (χ1v) is 6.89. The molecule has 2 aromatic rings. The number of aromatic amines is 2. The van der Waals surface area contributed by atoms with Crippen molar-refractivity contribution in [3.05, 3.63) is 45.0 Å². The van der Waals surface area contributed by atoms with Crippen molar-refractivity contribution in [2.24, 2.45) is 0 Å². The second kappa shape index (κ2) is 5.98. The highest BCUT2D eigenvalue weighted by molar-refractivity contribution is 6.02. The maximum Gasteiger partial charge on any atom is 0.326 e. The van der Waals surface area contributed by atoms with E-state index < -0.39 is 17.2 Å². The Morgan fingerprint density at radius 2 is 2.09 bits per heavy atom. The number of ether oxygens (including phenoxy) is 1. The standard InChI is InChI=1S/C13H15N5O4/c19-11-5-10(16-13(21)17-11)12(20)15-8-6-14-18(7-8)9-1-3-22-4-2-9/h5-7,9H,1-4H2,(H,15,20)(H2,16,17,19,21). The number of aromatic nitrogens is 4. The fourth-order valence-electron chi connectivity index (χ4n) is 2.34. The minimum Gasteiger partial charge on any atom is -0.381 e. The highest BCUT2D eigenvalue weighted by Crippen LogP contribution is 2.21. The van der Waals surface area contributed by atoms with Gasteiger partial charge in [-0.25, -0.2) is 4.79 Å². The van der Waals surface area contributed by atoms with Gasteiger partial charge in [0, 0.05) is 25.5 Å². The summed E-state index contributed by atoms with van der Waals surface area (Å²) in [5.74, 6) is -0.574. The number of H-pyrrole nitrogens is 2. The van der Waals surface area contributed by atoms with Crippen LogP contribution in [0.2, 0.25) is 0 Å². The quantitative estimate of drug-likeness (QED) is 0.728. The summed E-state index contributed by atoms with van der Waals surface area (Å²) in [6.45, 7) is 1.39. The van der Waals surface area contributed by atoms with Crippen LogP contribution < -0.4 is 16.6 Å². The van der Waals surface area contributed by atoms with Crippen molar-refractivity contribution >= 4 is 11.6 Å². The third-order valence-electron chi connectivity index (χ3n) is 3.43. The molecule has 1 aliphatic heterocycles. The van der Waals surface area contributed by atoms with Crippen molar-refractivity contribution in [1.82, 2.24) is 19.7 Å². The molecule has 0 spiro atoms. The maximum atomic E-state index is 12.0. The number of carbonyl (C=O) groups is 1. The molecule has 0 saturated carbocycles. The summed E-state index contributed by atoms with van der Waals surface area (Å²) < 4.78 is 7.09. The van der Waals surface area contributed by atoms with Gasteiger partial charge in [0.15, 0.2) is 0 Å². The molecule has 9 heteroatoms. The predicted molar refractivity (Wildman–Crippen MR) is 77.0 cm³/mol. The Kier molecular flexibility index (Phi) is 3.88. The normalized spacial score (nSPS) is 15.6. The summed E-state index contributed by atoms with van der Waals surface area (Å²) in [7, 11) is 0. The minimum atomic E-state index is -0.726. The third-order valence-corrected chi connectivity index (χ3v) is 3.43. The fourth-order valence-corrected chi connectivity index (χ4v) is 2.34. The van der Waals surface area contributed by atoms with Crippen LogP contribution in [0.15, 0.2) is 28.0 Å². The highest BCUT2D eigenvalue weighted by Gasteiger charge is 2.17. The Balaban J connectivity index is 1.73. The molecule has 3 heterocycles. The molecule has 2 aromatic heterocycles. The molecular formula is C13H15N5O4. The first kappa shape index (κ1) is 14.3. The van der Waals surface area contributed by atoms with Gasteiger partial charge in [-0.1, -0.05) is 0 Å². The Bertz CT molecular complexity index is 756. The van der Waals surface area contributed by atoms with E-state index in [4.69, 9.17) is 4.74 Å². The fraction of sp³-hybridized carbons (Fsp3) is 0.385. The van der Waals surface area contributed by atoms with E-state index in [0.29, 0.717) is 18.9 Å². The molecule has 9 nitrogen and oxygen atoms in total. The Hall–Kier alpha value is -2.68. The zero-order valence-corrected chi connectivity index (χ0v) is 11.7. The summed E-state index contributed by atoms with van der Waals surface area (Å²) >= 11 is 0. The molecule has 1 amide bonds. The van der Waals surface area contributed by atoms with Crippen LogP contribution in [0.25, 0.3) is 0 Å². The lowest BCUT2D eigenvalue weighted by molar-refractivity contribution is 0.0662. The molecule has 1 saturated heterocycles. The average molecular weight is 305 g/mol. The van der Waals surface area contributed by atoms with Gasteiger partial charge in [-0.3, -0.25) is 19.3 Å². The second-order valence-corrected chi connectivity index (χ2v) is 5.01. The monoisotopic (exact) mass is 305 g/mol. The summed E-state index contributed by atoms with van der Waals surface area (Å²) in [5, 5.41) is 6.82. The van der Waals surface area contributed by atoms with Crippen molar-refractivity contribution < 1.29 is 9.53 Å². The van der Waals surface area contributed by atoms with Crippen LogP contribution in [0.3, 0.4) is 0 Å². The second-order valence-electron chi connectivity index (χ2n) is 5.01. The summed E-state index contributed by atoms with van der Waals surface area (Å²) in [6, 6.07) is 1.28. The maximum absolute atomic E-state index is 12.0. The Morgan fingerprint density at radius 1 is 1.32 bits per heavy atom. The predicted octanol–water partition coefficient (Wildman–Crippen LogP) is -0.137. The van der Waals surface area contributed by atoms with Crippen molar-refractivity contribution in [1.29, 1.82) is 0 Å². The number of nitrogens with zero attached hydrogens (tertiary/aromatic N) is 2. The van der Waals surface area contributed by atoms with Crippen LogP contribution in [-0.2, 0) is 4.74 Å². The van der Waals surface area contributed by atoms with Gasteiger partial charge >= 0.3 is 5.69 Å². The van der Waals surface area contributed by atoms with Gasteiger partial charge in [0.2, 0.25) is 0 Å². The molecule has 3 N–H and O–H groups in total. The van der Waals surface area contributed by atoms with Gasteiger partial charge in [0.05, 0.1) is 17.9 Å².